The third-order valence-corrected chi connectivity index (χ3v) is 5.30. The lowest BCUT2D eigenvalue weighted by atomic mass is 9.87. The average molecular weight is 406 g/mol. The van der Waals surface area contributed by atoms with Gasteiger partial charge in [0.2, 0.25) is 5.91 Å². The Balaban J connectivity index is 0. The number of aliphatic hydroxyl groups is 1. The van der Waals surface area contributed by atoms with E-state index in [0.29, 0.717) is 18.3 Å². The first kappa shape index (κ1) is 29.6. The molecule has 0 fully saturated rings. The van der Waals surface area contributed by atoms with Crippen LogP contribution in [0.3, 0.4) is 0 Å². The van der Waals surface area contributed by atoms with Crippen molar-refractivity contribution in [2.24, 2.45) is 11.8 Å². The van der Waals surface area contributed by atoms with Crippen LogP contribution in [-0.4, -0.2) is 24.2 Å². The van der Waals surface area contributed by atoms with Crippen LogP contribution >= 0.6 is 0 Å². The van der Waals surface area contributed by atoms with Crippen molar-refractivity contribution >= 4 is 5.91 Å². The zero-order valence-electron chi connectivity index (χ0n) is 20.3. The first-order valence-corrected chi connectivity index (χ1v) is 11.4. The highest BCUT2D eigenvalue weighted by Gasteiger charge is 2.17. The van der Waals surface area contributed by atoms with Gasteiger partial charge in [-0.2, -0.15) is 0 Å². The molecule has 0 bridgehead atoms. The first-order valence-electron chi connectivity index (χ1n) is 11.4. The molecule has 0 aromatic heterocycles. The number of benzene rings is 1. The molecule has 0 saturated carbocycles. The maximum Gasteiger partial charge on any atom is 0.224 e. The molecule has 1 rings (SSSR count). The second kappa shape index (κ2) is 18.4. The zero-order valence-corrected chi connectivity index (χ0v) is 20.3. The minimum atomic E-state index is 0.121. The smallest absolute Gasteiger partial charge is 0.224 e. The van der Waals surface area contributed by atoms with Crippen LogP contribution in [-0.2, 0) is 17.6 Å². The molecule has 0 aliphatic rings. The lowest BCUT2D eigenvalue weighted by molar-refractivity contribution is -0.121. The lowest BCUT2D eigenvalue weighted by Gasteiger charge is -2.24. The van der Waals surface area contributed by atoms with Gasteiger partial charge in [-0.15, -0.1) is 0 Å². The van der Waals surface area contributed by atoms with E-state index < -0.39 is 0 Å². The molecular formula is C26H47NO2. The van der Waals surface area contributed by atoms with E-state index in [2.05, 4.69) is 70.8 Å². The summed E-state index contributed by atoms with van der Waals surface area (Å²) in [6.07, 6.45) is 5.71. The molecule has 0 saturated heterocycles. The minimum Gasteiger partial charge on any atom is -0.400 e. The quantitative estimate of drug-likeness (QED) is 0.422. The standard InChI is InChI=1S/C23H37NO.C2H6.CH4O/c1-7-17(4)14-18(5)19(6)15-22(9-3)24-23(25)16-21-12-10-20(8-2)11-13-21;2*1-2/h10-13,17,19,22H,5,7-9,14-16H2,1-4,6H3,(H,24,25);1-2H3;2H,1H3/t17?,19?,22-;;/m0../s1. The van der Waals surface area contributed by atoms with Gasteiger partial charge in [-0.25, -0.2) is 0 Å². The van der Waals surface area contributed by atoms with E-state index in [4.69, 9.17) is 5.11 Å². The Hall–Kier alpha value is -1.61. The summed E-state index contributed by atoms with van der Waals surface area (Å²) in [5.74, 6) is 1.26. The van der Waals surface area contributed by atoms with E-state index in [9.17, 15) is 4.79 Å². The molecule has 2 N–H and O–H groups in total. The summed E-state index contributed by atoms with van der Waals surface area (Å²) in [7, 11) is 1.00. The van der Waals surface area contributed by atoms with E-state index in [1.807, 2.05) is 13.8 Å². The number of allylic oxidation sites excluding steroid dienone is 1. The number of carbonyl (C=O) groups is 1. The monoisotopic (exact) mass is 405 g/mol. The van der Waals surface area contributed by atoms with Crippen LogP contribution < -0.4 is 5.32 Å². The zero-order chi connectivity index (χ0) is 22.8. The van der Waals surface area contributed by atoms with E-state index in [1.54, 1.807) is 0 Å². The molecule has 0 radical (unpaired) electrons. The fourth-order valence-corrected chi connectivity index (χ4v) is 3.07. The van der Waals surface area contributed by atoms with E-state index in [1.165, 1.54) is 17.6 Å². The van der Waals surface area contributed by atoms with Crippen LogP contribution in [0.2, 0.25) is 0 Å². The summed E-state index contributed by atoms with van der Waals surface area (Å²) >= 11 is 0. The van der Waals surface area contributed by atoms with Crippen LogP contribution in [0.15, 0.2) is 36.4 Å². The molecule has 0 spiro atoms. The van der Waals surface area contributed by atoms with Gasteiger partial charge in [-0.1, -0.05) is 91.3 Å². The van der Waals surface area contributed by atoms with Crippen molar-refractivity contribution in [3.05, 3.63) is 47.5 Å². The van der Waals surface area contributed by atoms with Gasteiger partial charge in [0.05, 0.1) is 6.42 Å². The number of aliphatic hydroxyl groups excluding tert-OH is 1. The SMILES string of the molecule is C=C(CC(C)CC)C(C)C[C@H](CC)NC(=O)Cc1ccc(CC)cc1.CC.CO. The van der Waals surface area contributed by atoms with Crippen molar-refractivity contribution < 1.29 is 9.90 Å². The fraction of sp³-hybridized carbons (Fsp3) is 0.654. The van der Waals surface area contributed by atoms with E-state index >= 15 is 0 Å². The third kappa shape index (κ3) is 13.3. The normalized spacial score (nSPS) is 13.0. The van der Waals surface area contributed by atoms with Gasteiger partial charge in [-0.05, 0) is 48.6 Å². The molecular weight excluding hydrogens is 358 g/mol. The fourth-order valence-electron chi connectivity index (χ4n) is 3.07. The van der Waals surface area contributed by atoms with E-state index in [-0.39, 0.29) is 11.9 Å². The summed E-state index contributed by atoms with van der Waals surface area (Å²) in [6.45, 7) is 19.3. The second-order valence-corrected chi connectivity index (χ2v) is 7.53. The Morgan fingerprint density at radius 3 is 1.97 bits per heavy atom. The van der Waals surface area contributed by atoms with Crippen LogP contribution in [0.1, 0.15) is 85.3 Å². The van der Waals surface area contributed by atoms with Gasteiger partial charge in [0.15, 0.2) is 0 Å². The molecule has 3 atom stereocenters. The number of rotatable bonds is 11. The number of carbonyl (C=O) groups excluding carboxylic acids is 1. The Bertz CT molecular complexity index is 536. The number of hydrogen-bond acceptors (Lipinski definition) is 2. The largest absolute Gasteiger partial charge is 0.400 e. The van der Waals surface area contributed by atoms with Crippen molar-refractivity contribution in [3.8, 4) is 0 Å². The van der Waals surface area contributed by atoms with Gasteiger partial charge < -0.3 is 10.4 Å². The Morgan fingerprint density at radius 2 is 1.52 bits per heavy atom. The summed E-state index contributed by atoms with van der Waals surface area (Å²) in [4.78, 5) is 12.4. The average Bonchev–Trinajstić information content (AvgIpc) is 2.76. The maximum atomic E-state index is 12.4. The molecule has 0 aliphatic carbocycles. The number of amides is 1. The van der Waals surface area contributed by atoms with Crippen LogP contribution in [0.4, 0.5) is 0 Å². The first-order chi connectivity index (χ1) is 13.9. The topological polar surface area (TPSA) is 49.3 Å². The molecule has 3 heteroatoms. The van der Waals surface area contributed by atoms with E-state index in [0.717, 1.165) is 38.4 Å². The molecule has 1 aromatic rings. The highest BCUT2D eigenvalue weighted by Crippen LogP contribution is 2.24. The maximum absolute atomic E-state index is 12.4. The molecule has 1 aromatic carbocycles. The number of aryl methyl sites for hydroxylation is 1. The van der Waals surface area contributed by atoms with Gasteiger partial charge >= 0.3 is 0 Å². The van der Waals surface area contributed by atoms with Crippen LogP contribution in [0.5, 0.6) is 0 Å². The molecule has 29 heavy (non-hydrogen) atoms. The summed E-state index contributed by atoms with van der Waals surface area (Å²) in [5.41, 5.74) is 3.71. The number of hydrogen-bond donors (Lipinski definition) is 2. The van der Waals surface area contributed by atoms with Gasteiger partial charge in [-0.3, -0.25) is 4.79 Å². The molecule has 1 amide bonds. The molecule has 0 heterocycles. The Labute approximate surface area is 181 Å². The highest BCUT2D eigenvalue weighted by atomic mass is 16.2. The van der Waals surface area contributed by atoms with Gasteiger partial charge in [0.1, 0.15) is 0 Å². The third-order valence-electron chi connectivity index (χ3n) is 5.30. The van der Waals surface area contributed by atoms with Crippen LogP contribution in [0.25, 0.3) is 0 Å². The molecule has 2 unspecified atom stereocenters. The van der Waals surface area contributed by atoms with Crippen molar-refractivity contribution in [2.45, 2.75) is 93.0 Å². The van der Waals surface area contributed by atoms with Crippen molar-refractivity contribution in [3.63, 3.8) is 0 Å². The lowest BCUT2D eigenvalue weighted by Crippen LogP contribution is -2.36. The Morgan fingerprint density at radius 1 is 1.00 bits per heavy atom. The second-order valence-electron chi connectivity index (χ2n) is 7.53. The van der Waals surface area contributed by atoms with Crippen molar-refractivity contribution in [1.29, 1.82) is 0 Å². The highest BCUT2D eigenvalue weighted by molar-refractivity contribution is 5.78. The molecule has 3 nitrogen and oxygen atoms in total. The number of nitrogens with one attached hydrogen (secondary N) is 1. The van der Waals surface area contributed by atoms with Gasteiger partial charge in [0.25, 0.3) is 0 Å². The predicted octanol–water partition coefficient (Wildman–Crippen LogP) is 6.34. The summed E-state index contributed by atoms with van der Waals surface area (Å²) < 4.78 is 0. The summed E-state index contributed by atoms with van der Waals surface area (Å²) in [5, 5.41) is 10.2. The van der Waals surface area contributed by atoms with Crippen molar-refractivity contribution in [2.75, 3.05) is 7.11 Å². The molecule has 168 valence electrons. The van der Waals surface area contributed by atoms with Crippen LogP contribution in [0, 0.1) is 11.8 Å². The predicted molar refractivity (Wildman–Crippen MR) is 128 cm³/mol. The minimum absolute atomic E-state index is 0.121. The van der Waals surface area contributed by atoms with Gasteiger partial charge in [0, 0.05) is 13.2 Å². The van der Waals surface area contributed by atoms with Crippen molar-refractivity contribution in [1.82, 2.24) is 5.32 Å². The summed E-state index contributed by atoms with van der Waals surface area (Å²) in [6, 6.07) is 8.58. The molecule has 0 aliphatic heterocycles. The Kier molecular flexibility index (Phi) is 18.8.